The highest BCUT2D eigenvalue weighted by molar-refractivity contribution is 5.82. The Morgan fingerprint density at radius 1 is 1.19 bits per heavy atom. The van der Waals surface area contributed by atoms with Crippen molar-refractivity contribution in [3.63, 3.8) is 0 Å². The molecule has 0 amide bonds. The summed E-state index contributed by atoms with van der Waals surface area (Å²) >= 11 is 0. The first-order chi connectivity index (χ1) is 12.6. The number of rotatable bonds is 5. The second-order valence-corrected chi connectivity index (χ2v) is 6.57. The van der Waals surface area contributed by atoms with Crippen LogP contribution < -0.4 is 4.74 Å². The molecule has 4 nitrogen and oxygen atoms in total. The highest BCUT2D eigenvalue weighted by Crippen LogP contribution is 2.31. The molecule has 0 saturated heterocycles. The molecule has 1 aliphatic rings. The van der Waals surface area contributed by atoms with Gasteiger partial charge in [-0.05, 0) is 43.5 Å². The molecule has 0 N–H and O–H groups in total. The first-order valence-electron chi connectivity index (χ1n) is 8.73. The van der Waals surface area contributed by atoms with E-state index in [1.807, 2.05) is 37.3 Å². The van der Waals surface area contributed by atoms with E-state index in [1.165, 1.54) is 10.7 Å². The molecular formula is C21H19FN2O2. The topological polar surface area (TPSA) is 44.1 Å². The number of nitrogens with zero attached hydrogens (tertiary/aromatic N) is 2. The molecule has 1 saturated carbocycles. The van der Waals surface area contributed by atoms with Crippen LogP contribution in [0.15, 0.2) is 60.8 Å². The SMILES string of the molecule is C[C@@H](Oc1ccc(-c2ccccc2)c(F)c1)c1ccn(C(=O)C2CC2)n1. The summed E-state index contributed by atoms with van der Waals surface area (Å²) < 4.78 is 21.6. The van der Waals surface area contributed by atoms with Crippen LogP contribution in [0.3, 0.4) is 0 Å². The van der Waals surface area contributed by atoms with Crippen LogP contribution in [0, 0.1) is 11.7 Å². The molecule has 5 heteroatoms. The van der Waals surface area contributed by atoms with E-state index >= 15 is 0 Å². The Hall–Kier alpha value is -2.95. The number of hydrogen-bond donors (Lipinski definition) is 0. The van der Waals surface area contributed by atoms with Crippen molar-refractivity contribution in [1.29, 1.82) is 0 Å². The monoisotopic (exact) mass is 350 g/mol. The van der Waals surface area contributed by atoms with Crippen molar-refractivity contribution in [3.8, 4) is 16.9 Å². The van der Waals surface area contributed by atoms with Gasteiger partial charge in [0.05, 0.1) is 0 Å². The maximum Gasteiger partial charge on any atom is 0.249 e. The van der Waals surface area contributed by atoms with Gasteiger partial charge in [0.15, 0.2) is 0 Å². The van der Waals surface area contributed by atoms with Crippen LogP contribution in [0.1, 0.15) is 36.4 Å². The Balaban J connectivity index is 1.48. The molecule has 0 radical (unpaired) electrons. The lowest BCUT2D eigenvalue weighted by atomic mass is 10.1. The van der Waals surface area contributed by atoms with Gasteiger partial charge >= 0.3 is 0 Å². The molecule has 0 unspecified atom stereocenters. The van der Waals surface area contributed by atoms with Crippen molar-refractivity contribution in [2.24, 2.45) is 5.92 Å². The van der Waals surface area contributed by atoms with Crippen LogP contribution in [-0.4, -0.2) is 15.7 Å². The summed E-state index contributed by atoms with van der Waals surface area (Å²) in [5.41, 5.74) is 2.00. The molecule has 3 aromatic rings. The van der Waals surface area contributed by atoms with E-state index in [-0.39, 0.29) is 23.7 Å². The van der Waals surface area contributed by atoms with Gasteiger partial charge in [0, 0.05) is 23.7 Å². The van der Waals surface area contributed by atoms with Gasteiger partial charge in [-0.2, -0.15) is 5.10 Å². The number of halogens is 1. The molecule has 26 heavy (non-hydrogen) atoms. The number of aromatic nitrogens is 2. The van der Waals surface area contributed by atoms with Crippen molar-refractivity contribution in [3.05, 3.63) is 72.3 Å². The van der Waals surface area contributed by atoms with Crippen molar-refractivity contribution >= 4 is 5.91 Å². The van der Waals surface area contributed by atoms with Crippen molar-refractivity contribution < 1.29 is 13.9 Å². The van der Waals surface area contributed by atoms with E-state index in [0.29, 0.717) is 17.0 Å². The lowest BCUT2D eigenvalue weighted by Gasteiger charge is -2.13. The van der Waals surface area contributed by atoms with Crippen LogP contribution in [0.25, 0.3) is 11.1 Å². The minimum absolute atomic E-state index is 0.0294. The summed E-state index contributed by atoms with van der Waals surface area (Å²) in [5, 5.41) is 4.30. The van der Waals surface area contributed by atoms with Crippen molar-refractivity contribution in [1.82, 2.24) is 9.78 Å². The van der Waals surface area contributed by atoms with E-state index in [9.17, 15) is 9.18 Å². The predicted molar refractivity (Wildman–Crippen MR) is 96.5 cm³/mol. The third kappa shape index (κ3) is 3.38. The Bertz CT molecular complexity index is 932. The van der Waals surface area contributed by atoms with Gasteiger partial charge < -0.3 is 4.74 Å². The Morgan fingerprint density at radius 3 is 2.65 bits per heavy atom. The van der Waals surface area contributed by atoms with Crippen molar-refractivity contribution in [2.45, 2.75) is 25.9 Å². The number of ether oxygens (including phenoxy) is 1. The second-order valence-electron chi connectivity index (χ2n) is 6.57. The van der Waals surface area contributed by atoms with E-state index in [4.69, 9.17) is 4.74 Å². The first-order valence-corrected chi connectivity index (χ1v) is 8.73. The number of benzene rings is 2. The van der Waals surface area contributed by atoms with E-state index in [0.717, 1.165) is 18.4 Å². The lowest BCUT2D eigenvalue weighted by Crippen LogP contribution is -2.14. The van der Waals surface area contributed by atoms with Crippen LogP contribution in [0.5, 0.6) is 5.75 Å². The second kappa shape index (κ2) is 6.75. The molecular weight excluding hydrogens is 331 g/mol. The largest absolute Gasteiger partial charge is 0.484 e. The van der Waals surface area contributed by atoms with Crippen LogP contribution in [-0.2, 0) is 0 Å². The molecule has 4 rings (SSSR count). The molecule has 1 aromatic heterocycles. The zero-order valence-electron chi connectivity index (χ0n) is 14.4. The van der Waals surface area contributed by atoms with Gasteiger partial charge in [0.25, 0.3) is 0 Å². The number of carbonyl (C=O) groups is 1. The summed E-state index contributed by atoms with van der Waals surface area (Å²) in [6.45, 7) is 1.83. The average Bonchev–Trinajstić information content (AvgIpc) is 3.38. The molecule has 0 aliphatic heterocycles. The first kappa shape index (κ1) is 16.5. The van der Waals surface area contributed by atoms with Gasteiger partial charge in [-0.1, -0.05) is 30.3 Å². The zero-order valence-corrected chi connectivity index (χ0v) is 14.4. The summed E-state index contributed by atoms with van der Waals surface area (Å²) in [4.78, 5) is 12.0. The van der Waals surface area contributed by atoms with Gasteiger partial charge in [-0.25, -0.2) is 9.07 Å². The fourth-order valence-corrected chi connectivity index (χ4v) is 2.88. The maximum atomic E-state index is 14.5. The fourth-order valence-electron chi connectivity index (χ4n) is 2.88. The van der Waals surface area contributed by atoms with Crippen LogP contribution >= 0.6 is 0 Å². The standard InChI is InChI=1S/C21H19FN2O2/c1-14(20-11-12-24(23-20)21(25)16-7-8-16)26-17-9-10-18(19(22)13-17)15-5-3-2-4-6-15/h2-6,9-14,16H,7-8H2,1H3/t14-/m1/s1. The van der Waals surface area contributed by atoms with E-state index in [2.05, 4.69) is 5.10 Å². The molecule has 1 heterocycles. The Morgan fingerprint density at radius 2 is 1.96 bits per heavy atom. The molecule has 1 atom stereocenters. The normalized spacial score (nSPS) is 14.8. The van der Waals surface area contributed by atoms with Gasteiger partial charge in [0.1, 0.15) is 23.4 Å². The highest BCUT2D eigenvalue weighted by Gasteiger charge is 2.31. The summed E-state index contributed by atoms with van der Waals surface area (Å²) in [7, 11) is 0. The molecule has 1 aliphatic carbocycles. The van der Waals surface area contributed by atoms with Gasteiger partial charge in [-0.15, -0.1) is 0 Å². The van der Waals surface area contributed by atoms with Crippen LogP contribution in [0.4, 0.5) is 4.39 Å². The molecule has 1 fully saturated rings. The quantitative estimate of drug-likeness (QED) is 0.659. The van der Waals surface area contributed by atoms with Crippen molar-refractivity contribution in [2.75, 3.05) is 0 Å². The third-order valence-electron chi connectivity index (χ3n) is 4.52. The molecule has 132 valence electrons. The van der Waals surface area contributed by atoms with Gasteiger partial charge in [-0.3, -0.25) is 4.79 Å². The predicted octanol–water partition coefficient (Wildman–Crippen LogP) is 4.88. The summed E-state index contributed by atoms with van der Waals surface area (Å²) in [5.74, 6) is 0.230. The smallest absolute Gasteiger partial charge is 0.249 e. The molecule has 0 spiro atoms. The minimum atomic E-state index is -0.384. The number of carbonyl (C=O) groups excluding carboxylic acids is 1. The highest BCUT2D eigenvalue weighted by atomic mass is 19.1. The maximum absolute atomic E-state index is 14.5. The molecule has 2 aromatic carbocycles. The minimum Gasteiger partial charge on any atom is -0.484 e. The van der Waals surface area contributed by atoms with E-state index < -0.39 is 0 Å². The zero-order chi connectivity index (χ0) is 18.1. The third-order valence-corrected chi connectivity index (χ3v) is 4.52. The Labute approximate surface area is 151 Å². The summed E-state index contributed by atoms with van der Waals surface area (Å²) in [6.07, 6.45) is 3.15. The Kier molecular flexibility index (Phi) is 4.29. The van der Waals surface area contributed by atoms with E-state index in [1.54, 1.807) is 24.4 Å². The lowest BCUT2D eigenvalue weighted by molar-refractivity contribution is 0.0868. The number of hydrogen-bond acceptors (Lipinski definition) is 3. The summed E-state index contributed by atoms with van der Waals surface area (Å²) in [6, 6.07) is 16.0. The molecule has 0 bridgehead atoms. The fraction of sp³-hybridized carbons (Fsp3) is 0.238. The average molecular weight is 350 g/mol. The van der Waals surface area contributed by atoms with Gasteiger partial charge in [0.2, 0.25) is 5.91 Å². The van der Waals surface area contributed by atoms with Crippen LogP contribution in [0.2, 0.25) is 0 Å².